The Balaban J connectivity index is 2.31. The topological polar surface area (TPSA) is 187 Å². The van der Waals surface area contributed by atoms with E-state index in [4.69, 9.17) is 30.4 Å². The summed E-state index contributed by atoms with van der Waals surface area (Å²) in [6.07, 6.45) is -4.02. The van der Waals surface area contributed by atoms with Gasteiger partial charge in [-0.25, -0.2) is 9.59 Å². The maximum absolute atomic E-state index is 15.7. The van der Waals surface area contributed by atoms with Crippen molar-refractivity contribution in [3.63, 3.8) is 0 Å². The van der Waals surface area contributed by atoms with Crippen LogP contribution in [-0.4, -0.2) is 64.6 Å². The summed E-state index contributed by atoms with van der Waals surface area (Å²) >= 11 is 0. The minimum atomic E-state index is -4.09. The van der Waals surface area contributed by atoms with Gasteiger partial charge in [-0.3, -0.25) is 19.5 Å². The van der Waals surface area contributed by atoms with Gasteiger partial charge in [0.05, 0.1) is 6.61 Å². The Morgan fingerprint density at radius 3 is 2.35 bits per heavy atom. The summed E-state index contributed by atoms with van der Waals surface area (Å²) in [5, 5.41) is 2.24. The van der Waals surface area contributed by atoms with Crippen molar-refractivity contribution in [3.05, 3.63) is 22.7 Å². The second kappa shape index (κ2) is 14.5. The number of hydrogen-bond donors (Lipinski definition) is 3. The van der Waals surface area contributed by atoms with Gasteiger partial charge in [-0.1, -0.05) is 53.9 Å². The maximum Gasteiger partial charge on any atom is 0.412 e. The Bertz CT molecular complexity index is 1090. The Labute approximate surface area is 230 Å². The van der Waals surface area contributed by atoms with E-state index in [-0.39, 0.29) is 18.3 Å². The first-order valence-electron chi connectivity index (χ1n) is 13.2. The number of ether oxygens (including phenoxy) is 4. The largest absolute Gasteiger partial charge is 0.449 e. The number of anilines is 1. The Hall–Kier alpha value is -3.17. The number of nitrogens with two attached hydrogens (primary N) is 2. The molecule has 1 unspecified atom stereocenters. The molecule has 13 nitrogen and oxygen atoms in total. The average Bonchev–Trinajstić information content (AvgIpc) is 3.13. The number of halogens is 2. The summed E-state index contributed by atoms with van der Waals surface area (Å²) < 4.78 is 52.1. The number of alkyl halides is 2. The third-order valence-electron chi connectivity index (χ3n) is 6.51. The highest BCUT2D eigenvalue weighted by Gasteiger charge is 2.64. The van der Waals surface area contributed by atoms with Gasteiger partial charge in [0.2, 0.25) is 18.6 Å². The van der Waals surface area contributed by atoms with Gasteiger partial charge >= 0.3 is 29.6 Å². The summed E-state index contributed by atoms with van der Waals surface area (Å²) in [6, 6.07) is -1.36. The van der Waals surface area contributed by atoms with E-state index in [1.165, 1.54) is 0 Å². The van der Waals surface area contributed by atoms with Crippen LogP contribution in [-0.2, 0) is 28.5 Å². The van der Waals surface area contributed by atoms with Gasteiger partial charge in [0.25, 0.3) is 0 Å². The number of carbonyl (C=O) groups is 3. The number of esters is 2. The van der Waals surface area contributed by atoms with E-state index in [0.29, 0.717) is 17.4 Å². The number of nitrogens with zero attached hydrogens (tertiary/aromatic N) is 2. The Kier molecular flexibility index (Phi) is 11.9. The lowest BCUT2D eigenvalue weighted by Gasteiger charge is -2.26. The molecular formula is C25H39F2N5O8. The van der Waals surface area contributed by atoms with Gasteiger partial charge in [-0.15, -0.1) is 0 Å². The lowest BCUT2D eigenvalue weighted by molar-refractivity contribution is -0.204. The molecule has 0 radical (unpaired) electrons. The highest BCUT2D eigenvalue weighted by Crippen LogP contribution is 2.44. The van der Waals surface area contributed by atoms with Gasteiger partial charge in [0.15, 0.2) is 0 Å². The molecule has 40 heavy (non-hydrogen) atoms. The van der Waals surface area contributed by atoms with Crippen molar-refractivity contribution < 1.29 is 42.1 Å². The van der Waals surface area contributed by atoms with Crippen LogP contribution < -0.4 is 22.5 Å². The van der Waals surface area contributed by atoms with Gasteiger partial charge in [0.1, 0.15) is 17.9 Å². The fourth-order valence-corrected chi connectivity index (χ4v) is 3.56. The molecule has 15 heteroatoms. The number of rotatable bonds is 13. The van der Waals surface area contributed by atoms with Crippen molar-refractivity contribution in [1.29, 1.82) is 0 Å². The first-order chi connectivity index (χ1) is 18.7. The van der Waals surface area contributed by atoms with Crippen molar-refractivity contribution in [3.8, 4) is 0 Å². The molecule has 0 spiro atoms. The van der Waals surface area contributed by atoms with E-state index in [2.05, 4.69) is 10.3 Å². The summed E-state index contributed by atoms with van der Waals surface area (Å²) in [4.78, 5) is 53.2. The Morgan fingerprint density at radius 1 is 1.12 bits per heavy atom. The Morgan fingerprint density at radius 2 is 1.77 bits per heavy atom. The van der Waals surface area contributed by atoms with E-state index < -0.39 is 66.3 Å². The van der Waals surface area contributed by atoms with Crippen molar-refractivity contribution in [2.24, 2.45) is 23.3 Å². The molecule has 0 aromatic carbocycles. The first kappa shape index (κ1) is 33.0. The first-order valence-corrected chi connectivity index (χ1v) is 13.2. The lowest BCUT2D eigenvalue weighted by Crippen LogP contribution is -2.49. The van der Waals surface area contributed by atoms with Crippen molar-refractivity contribution in [2.45, 2.75) is 96.9 Å². The molecule has 5 N–H and O–H groups in total. The fourth-order valence-electron chi connectivity index (χ4n) is 3.56. The molecule has 0 aliphatic carbocycles. The summed E-state index contributed by atoms with van der Waals surface area (Å²) in [6.45, 7) is 8.75. The van der Waals surface area contributed by atoms with Crippen LogP contribution in [0.25, 0.3) is 0 Å². The predicted molar refractivity (Wildman–Crippen MR) is 138 cm³/mol. The molecule has 1 saturated heterocycles. The maximum atomic E-state index is 15.7. The number of amides is 1. The molecule has 1 aliphatic rings. The van der Waals surface area contributed by atoms with Crippen LogP contribution in [0.3, 0.4) is 0 Å². The third kappa shape index (κ3) is 8.17. The molecule has 1 aromatic rings. The molecule has 1 amide bonds. The molecule has 1 fully saturated rings. The van der Waals surface area contributed by atoms with Crippen LogP contribution in [0.15, 0.2) is 17.1 Å². The molecule has 6 atom stereocenters. The van der Waals surface area contributed by atoms with E-state index in [1.54, 1.807) is 27.7 Å². The molecular weight excluding hydrogens is 536 g/mol. The van der Waals surface area contributed by atoms with Gasteiger partial charge in [-0.05, 0) is 24.3 Å². The highest BCUT2D eigenvalue weighted by molar-refractivity contribution is 5.83. The van der Waals surface area contributed by atoms with Gasteiger partial charge < -0.3 is 30.4 Å². The highest BCUT2D eigenvalue weighted by atomic mass is 19.3. The summed E-state index contributed by atoms with van der Waals surface area (Å²) in [5.74, 6) is -7.39. The average molecular weight is 576 g/mol. The molecule has 2 rings (SSSR count). The molecule has 0 bridgehead atoms. The number of unbranched alkanes of at least 4 members (excludes halogenated alkanes) is 2. The number of carbonyl (C=O) groups excluding carboxylic acids is 3. The van der Waals surface area contributed by atoms with E-state index in [0.717, 1.165) is 25.1 Å². The second-order valence-electron chi connectivity index (χ2n) is 9.98. The summed E-state index contributed by atoms with van der Waals surface area (Å²) in [7, 11) is 0. The fraction of sp³-hybridized carbons (Fsp3) is 0.720. The van der Waals surface area contributed by atoms with Gasteiger partial charge in [0, 0.05) is 6.20 Å². The monoisotopic (exact) mass is 575 g/mol. The van der Waals surface area contributed by atoms with Crippen LogP contribution in [0, 0.1) is 11.8 Å². The minimum Gasteiger partial charge on any atom is -0.449 e. The van der Waals surface area contributed by atoms with Crippen molar-refractivity contribution in [2.75, 3.05) is 11.9 Å². The predicted octanol–water partition coefficient (Wildman–Crippen LogP) is 2.28. The zero-order chi connectivity index (χ0) is 30.2. The summed E-state index contributed by atoms with van der Waals surface area (Å²) in [5.41, 5.74) is 10.4. The number of aromatic nitrogens is 2. The van der Waals surface area contributed by atoms with Crippen LogP contribution >= 0.6 is 0 Å². The lowest BCUT2D eigenvalue weighted by atomic mass is 10.0. The van der Waals surface area contributed by atoms with Crippen LogP contribution in [0.5, 0.6) is 0 Å². The molecule has 1 aromatic heterocycles. The molecule has 2 heterocycles. The molecule has 0 saturated carbocycles. The minimum absolute atomic E-state index is 0.153. The van der Waals surface area contributed by atoms with Crippen LogP contribution in [0.4, 0.5) is 19.4 Å². The van der Waals surface area contributed by atoms with E-state index in [9.17, 15) is 19.2 Å². The smallest absolute Gasteiger partial charge is 0.412 e. The quantitative estimate of drug-likeness (QED) is 0.178. The number of hydrogen-bond acceptors (Lipinski definition) is 11. The third-order valence-corrected chi connectivity index (χ3v) is 6.51. The van der Waals surface area contributed by atoms with E-state index in [1.807, 2.05) is 6.92 Å². The van der Waals surface area contributed by atoms with E-state index >= 15 is 8.78 Å². The second-order valence-corrected chi connectivity index (χ2v) is 9.98. The van der Waals surface area contributed by atoms with Crippen molar-refractivity contribution in [1.82, 2.24) is 9.55 Å². The molecule has 226 valence electrons. The normalized spacial score (nSPS) is 22.3. The zero-order valence-electron chi connectivity index (χ0n) is 23.3. The van der Waals surface area contributed by atoms with Gasteiger partial charge in [-0.2, -0.15) is 13.8 Å². The van der Waals surface area contributed by atoms with Crippen LogP contribution in [0.2, 0.25) is 0 Å². The zero-order valence-corrected chi connectivity index (χ0v) is 23.3. The molecule has 1 aliphatic heterocycles. The van der Waals surface area contributed by atoms with Crippen molar-refractivity contribution >= 4 is 23.8 Å². The SMILES string of the molecule is CCCCCOC(=O)Nc1ccn([C@@H]2O[C@H](OC(=O)[C@@H](N)C(C)CC)[C@@H](OC(=O)[C@@H](N)C(C)C)C2(F)F)c(=O)n1. The van der Waals surface area contributed by atoms with Crippen LogP contribution in [0.1, 0.15) is 66.5 Å². The standard InChI is InChI=1S/C25H39F2N5O8/c1-6-8-9-12-37-24(36)31-15-10-11-32(23(35)30-15)22-25(26,27)18(38-19(33)16(28)13(3)4)21(40-22)39-20(34)17(29)14(5)7-2/h10-11,13-14,16-18,21-22H,6-9,12,28-29H2,1-5H3,(H,30,31,35,36)/t14?,16-,17-,18+,21-,22+/m0/s1. The number of nitrogens with one attached hydrogen (secondary N) is 1.